The highest BCUT2D eigenvalue weighted by molar-refractivity contribution is 7.51. The molecule has 24 heavy (non-hydrogen) atoms. The summed E-state index contributed by atoms with van der Waals surface area (Å²) in [6.07, 6.45) is 0.927. The van der Waals surface area contributed by atoms with Crippen molar-refractivity contribution in [3.05, 3.63) is 41.3 Å². The third kappa shape index (κ3) is 3.82. The maximum atomic E-state index is 10.8. The van der Waals surface area contributed by atoms with Crippen molar-refractivity contribution in [2.75, 3.05) is 12.1 Å². The third-order valence-corrected chi connectivity index (χ3v) is 3.84. The van der Waals surface area contributed by atoms with Crippen LogP contribution in [0, 0.1) is 0 Å². The number of nitrogen functional groups attached to an aromatic ring is 1. The van der Waals surface area contributed by atoms with Crippen molar-refractivity contribution in [1.29, 1.82) is 0 Å². The average molecular weight is 370 g/mol. The van der Waals surface area contributed by atoms with E-state index in [1.54, 1.807) is 35.2 Å². The van der Waals surface area contributed by atoms with E-state index in [1.807, 2.05) is 0 Å². The summed E-state index contributed by atoms with van der Waals surface area (Å²) in [5.41, 5.74) is 7.50. The zero-order chi connectivity index (χ0) is 17.3. The lowest BCUT2D eigenvalue weighted by Crippen LogP contribution is -2.02. The van der Waals surface area contributed by atoms with Gasteiger partial charge in [0.05, 0.1) is 12.9 Å². The lowest BCUT2D eigenvalue weighted by Gasteiger charge is -2.09. The Morgan fingerprint density at radius 2 is 1.96 bits per heavy atom. The van der Waals surface area contributed by atoms with Gasteiger partial charge in [-0.3, -0.25) is 4.57 Å². The smallest absolute Gasteiger partial charge is 0.362 e. The first-order valence-electron chi connectivity index (χ1n) is 6.72. The van der Waals surface area contributed by atoms with Gasteiger partial charge in [-0.1, -0.05) is 23.7 Å². The average Bonchev–Trinajstić information content (AvgIpc) is 2.89. The highest BCUT2D eigenvalue weighted by Crippen LogP contribution is 2.34. The minimum atomic E-state index is -4.20. The second-order valence-corrected chi connectivity index (χ2v) is 6.94. The molecule has 0 unspecified atom stereocenters. The van der Waals surface area contributed by atoms with Crippen LogP contribution < -0.4 is 10.5 Å². The number of hydrogen-bond donors (Lipinski definition) is 3. The Balaban J connectivity index is 1.78. The van der Waals surface area contributed by atoms with E-state index in [0.717, 1.165) is 5.56 Å². The van der Waals surface area contributed by atoms with Crippen LogP contribution >= 0.6 is 19.2 Å². The van der Waals surface area contributed by atoms with Crippen LogP contribution in [0.1, 0.15) is 5.56 Å². The Morgan fingerprint density at radius 1 is 1.25 bits per heavy atom. The molecular weight excluding hydrogens is 357 g/mol. The van der Waals surface area contributed by atoms with Crippen molar-refractivity contribution in [3.63, 3.8) is 0 Å². The summed E-state index contributed by atoms with van der Waals surface area (Å²) >= 11 is 5.98. The van der Waals surface area contributed by atoms with E-state index in [9.17, 15) is 4.57 Å². The summed E-state index contributed by atoms with van der Waals surface area (Å²) in [6.45, 7) is 0.460. The number of imidazole rings is 1. The molecule has 0 saturated carbocycles. The Hall–Kier alpha value is -2.19. The van der Waals surface area contributed by atoms with Gasteiger partial charge in [-0.15, -0.1) is 0 Å². The highest BCUT2D eigenvalue weighted by atomic mass is 35.5. The van der Waals surface area contributed by atoms with Crippen LogP contribution in [0.5, 0.6) is 5.75 Å². The number of aromatic nitrogens is 4. The number of anilines is 1. The predicted molar refractivity (Wildman–Crippen MR) is 87.8 cm³/mol. The quantitative estimate of drug-likeness (QED) is 0.456. The van der Waals surface area contributed by atoms with Crippen LogP contribution in [-0.4, -0.2) is 35.7 Å². The molecule has 1 aromatic carbocycles. The Kier molecular flexibility index (Phi) is 4.42. The fraction of sp³-hybridized carbons (Fsp3) is 0.154. The normalized spacial score (nSPS) is 11.8. The molecule has 4 N–H and O–H groups in total. The van der Waals surface area contributed by atoms with E-state index < -0.39 is 13.9 Å². The maximum Gasteiger partial charge on any atom is 0.362 e. The van der Waals surface area contributed by atoms with Gasteiger partial charge in [0, 0.05) is 0 Å². The van der Waals surface area contributed by atoms with Crippen LogP contribution in [0.2, 0.25) is 5.15 Å². The van der Waals surface area contributed by atoms with Crippen LogP contribution in [0.25, 0.3) is 11.2 Å². The summed E-state index contributed by atoms with van der Waals surface area (Å²) in [4.78, 5) is 29.7. The number of nitrogens with two attached hydrogens (primary N) is 1. The zero-order valence-electron chi connectivity index (χ0n) is 12.2. The third-order valence-electron chi connectivity index (χ3n) is 3.11. The van der Waals surface area contributed by atoms with E-state index in [0.29, 0.717) is 23.5 Å². The number of nitrogens with zero attached hydrogens (tertiary/aromatic N) is 4. The number of hydrogen-bond acceptors (Lipinski definition) is 6. The van der Waals surface area contributed by atoms with Gasteiger partial charge in [-0.25, -0.2) is 4.98 Å². The second kappa shape index (κ2) is 6.37. The Morgan fingerprint density at radius 3 is 2.62 bits per heavy atom. The molecule has 0 saturated heterocycles. The first-order chi connectivity index (χ1) is 11.3. The van der Waals surface area contributed by atoms with Crippen molar-refractivity contribution < 1.29 is 19.1 Å². The summed E-state index contributed by atoms with van der Waals surface area (Å²) in [5, 5.41) is 0.192. The van der Waals surface area contributed by atoms with Crippen LogP contribution in [-0.2, 0) is 11.1 Å². The van der Waals surface area contributed by atoms with Crippen molar-refractivity contribution in [2.24, 2.45) is 0 Å². The van der Waals surface area contributed by atoms with Gasteiger partial charge < -0.3 is 24.8 Å². The fourth-order valence-corrected chi connectivity index (χ4v) is 2.62. The minimum Gasteiger partial charge on any atom is -0.481 e. The molecule has 126 valence electrons. The Labute approximate surface area is 141 Å². The van der Waals surface area contributed by atoms with E-state index in [-0.39, 0.29) is 11.1 Å². The van der Waals surface area contributed by atoms with E-state index >= 15 is 0 Å². The molecule has 0 atom stereocenters. The standard InChI is InChI=1S/C13H13ClN5O4P/c14-11-10-12(18-13(15)17-11)19(6-16-10)5-8-1-3-9(4-2-8)23-7-24(20,21)22/h1-4,6H,5,7H2,(H2,15,17,18)(H2,20,21,22). The van der Waals surface area contributed by atoms with Crippen molar-refractivity contribution in [1.82, 2.24) is 19.5 Å². The topological polar surface area (TPSA) is 136 Å². The molecule has 0 amide bonds. The van der Waals surface area contributed by atoms with E-state index in [4.69, 9.17) is 31.9 Å². The van der Waals surface area contributed by atoms with Gasteiger partial charge in [0.1, 0.15) is 11.3 Å². The molecule has 0 spiro atoms. The van der Waals surface area contributed by atoms with Gasteiger partial charge in [-0.05, 0) is 17.7 Å². The molecule has 0 aliphatic heterocycles. The van der Waals surface area contributed by atoms with E-state index in [1.165, 1.54) is 0 Å². The molecule has 9 nitrogen and oxygen atoms in total. The largest absolute Gasteiger partial charge is 0.481 e. The first kappa shape index (κ1) is 16.7. The molecule has 3 rings (SSSR count). The highest BCUT2D eigenvalue weighted by Gasteiger charge is 2.14. The van der Waals surface area contributed by atoms with Gasteiger partial charge in [0.2, 0.25) is 5.95 Å². The SMILES string of the molecule is Nc1nc(Cl)c2ncn(Cc3ccc(OCP(=O)(O)O)cc3)c2n1. The number of halogens is 1. The molecular formula is C13H13ClN5O4P. The number of ether oxygens (including phenoxy) is 1. The zero-order valence-corrected chi connectivity index (χ0v) is 13.9. The molecule has 0 aliphatic rings. The molecule has 3 aromatic rings. The second-order valence-electron chi connectivity index (χ2n) is 5.00. The monoisotopic (exact) mass is 369 g/mol. The summed E-state index contributed by atoms with van der Waals surface area (Å²) in [6, 6.07) is 6.79. The molecule has 0 radical (unpaired) electrons. The van der Waals surface area contributed by atoms with Crippen molar-refractivity contribution >= 4 is 36.3 Å². The number of fused-ring (bicyclic) bond motifs is 1. The lowest BCUT2D eigenvalue weighted by molar-refractivity contribution is 0.300. The number of rotatable bonds is 5. The van der Waals surface area contributed by atoms with Gasteiger partial charge >= 0.3 is 7.60 Å². The molecule has 0 fully saturated rings. The molecule has 2 heterocycles. The first-order valence-corrected chi connectivity index (χ1v) is 8.89. The molecule has 11 heteroatoms. The minimum absolute atomic E-state index is 0.0652. The van der Waals surface area contributed by atoms with Crippen LogP contribution in [0.15, 0.2) is 30.6 Å². The van der Waals surface area contributed by atoms with E-state index in [2.05, 4.69) is 15.0 Å². The van der Waals surface area contributed by atoms with Gasteiger partial charge in [0.25, 0.3) is 0 Å². The van der Waals surface area contributed by atoms with Crippen molar-refractivity contribution in [3.8, 4) is 5.75 Å². The van der Waals surface area contributed by atoms with Crippen LogP contribution in [0.4, 0.5) is 5.95 Å². The predicted octanol–water partition coefficient (Wildman–Crippen LogP) is 1.62. The fourth-order valence-electron chi connectivity index (χ4n) is 2.09. The molecule has 0 aliphatic carbocycles. The summed E-state index contributed by atoms with van der Waals surface area (Å²) < 4.78 is 17.6. The lowest BCUT2D eigenvalue weighted by atomic mass is 10.2. The molecule has 0 bridgehead atoms. The van der Waals surface area contributed by atoms with Gasteiger partial charge in [0.15, 0.2) is 17.1 Å². The summed E-state index contributed by atoms with van der Waals surface area (Å²) in [7, 11) is -4.20. The van der Waals surface area contributed by atoms with Gasteiger partial charge in [-0.2, -0.15) is 9.97 Å². The van der Waals surface area contributed by atoms with Crippen molar-refractivity contribution in [2.45, 2.75) is 6.54 Å². The maximum absolute atomic E-state index is 10.8. The summed E-state index contributed by atoms with van der Waals surface area (Å²) in [5.74, 6) is 0.433. The Bertz CT molecular complexity index is 924. The van der Waals surface area contributed by atoms with Crippen LogP contribution in [0.3, 0.4) is 0 Å². The molecule has 2 aromatic heterocycles. The number of benzene rings is 1.